The average Bonchev–Trinajstić information content (AvgIpc) is 2.10. The van der Waals surface area contributed by atoms with Gasteiger partial charge < -0.3 is 16.6 Å². The molecule has 0 aliphatic heterocycles. The van der Waals surface area contributed by atoms with Crippen molar-refractivity contribution in [2.75, 3.05) is 0 Å². The number of benzene rings is 1. The Morgan fingerprint density at radius 1 is 1.20 bits per heavy atom. The molecule has 0 atom stereocenters. The van der Waals surface area contributed by atoms with Crippen LogP contribution >= 0.6 is 0 Å². The van der Waals surface area contributed by atoms with Gasteiger partial charge in [-0.05, 0) is 31.0 Å². The van der Waals surface area contributed by atoms with Crippen LogP contribution in [0.5, 0.6) is 5.75 Å². The molecule has 0 aliphatic carbocycles. The summed E-state index contributed by atoms with van der Waals surface area (Å²) in [6.45, 7) is 3.34. The van der Waals surface area contributed by atoms with Crippen LogP contribution in [0.1, 0.15) is 31.8 Å². The molecule has 0 saturated carbocycles. The second kappa shape index (κ2) is 3.61. The van der Waals surface area contributed by atoms with Gasteiger partial charge >= 0.3 is 0 Å². The molecule has 2 amide bonds. The largest absolute Gasteiger partial charge is 0.506 e. The van der Waals surface area contributed by atoms with Gasteiger partial charge in [0.1, 0.15) is 5.75 Å². The van der Waals surface area contributed by atoms with Crippen molar-refractivity contribution in [3.63, 3.8) is 0 Å². The van der Waals surface area contributed by atoms with E-state index in [-0.39, 0.29) is 11.1 Å². The number of primary amides is 2. The van der Waals surface area contributed by atoms with Gasteiger partial charge in [-0.1, -0.05) is 0 Å². The summed E-state index contributed by atoms with van der Waals surface area (Å²) in [6, 6.07) is 1.43. The van der Waals surface area contributed by atoms with Crippen molar-refractivity contribution >= 4 is 11.8 Å². The molecule has 5 N–H and O–H groups in total. The second-order valence-electron chi connectivity index (χ2n) is 3.32. The normalized spacial score (nSPS) is 10.0. The maximum absolute atomic E-state index is 11.1. The number of carbonyl (C=O) groups excluding carboxylic acids is 2. The number of amides is 2. The molecule has 1 aromatic carbocycles. The molecule has 5 nitrogen and oxygen atoms in total. The van der Waals surface area contributed by atoms with E-state index in [4.69, 9.17) is 11.5 Å². The van der Waals surface area contributed by atoms with E-state index in [1.807, 2.05) is 0 Å². The number of hydrogen-bond donors (Lipinski definition) is 3. The van der Waals surface area contributed by atoms with Crippen molar-refractivity contribution in [1.82, 2.24) is 0 Å². The lowest BCUT2D eigenvalue weighted by Crippen LogP contribution is -2.18. The van der Waals surface area contributed by atoms with Gasteiger partial charge in [-0.15, -0.1) is 0 Å². The molecule has 0 saturated heterocycles. The molecule has 0 fully saturated rings. The van der Waals surface area contributed by atoms with Crippen LogP contribution in [0, 0.1) is 13.8 Å². The van der Waals surface area contributed by atoms with Crippen LogP contribution in [0.2, 0.25) is 0 Å². The zero-order chi connectivity index (χ0) is 11.7. The molecule has 0 aromatic heterocycles. The number of carbonyl (C=O) groups is 2. The molecule has 1 aromatic rings. The van der Waals surface area contributed by atoms with Gasteiger partial charge in [0.25, 0.3) is 11.8 Å². The summed E-state index contributed by atoms with van der Waals surface area (Å²) in [4.78, 5) is 22.0. The lowest BCUT2D eigenvalue weighted by atomic mass is 9.97. The second-order valence-corrected chi connectivity index (χ2v) is 3.32. The third kappa shape index (κ3) is 1.76. The third-order valence-corrected chi connectivity index (χ3v) is 2.33. The molecule has 0 spiro atoms. The minimum atomic E-state index is -0.793. The lowest BCUT2D eigenvalue weighted by molar-refractivity contribution is 0.0996. The number of phenols is 1. The number of hydrogen-bond acceptors (Lipinski definition) is 3. The number of rotatable bonds is 2. The van der Waals surface area contributed by atoms with Crippen molar-refractivity contribution in [3.05, 3.63) is 28.3 Å². The minimum Gasteiger partial charge on any atom is -0.506 e. The summed E-state index contributed by atoms with van der Waals surface area (Å²) in [6.07, 6.45) is 0. The predicted octanol–water partition coefficient (Wildman–Crippen LogP) is 0.207. The lowest BCUT2D eigenvalue weighted by Gasteiger charge is -2.11. The predicted molar refractivity (Wildman–Crippen MR) is 54.6 cm³/mol. The first-order valence-corrected chi connectivity index (χ1v) is 4.29. The summed E-state index contributed by atoms with van der Waals surface area (Å²) in [5.74, 6) is -2.02. The highest BCUT2D eigenvalue weighted by molar-refractivity contribution is 6.04. The summed E-state index contributed by atoms with van der Waals surface area (Å²) in [7, 11) is 0. The number of aromatic hydroxyl groups is 1. The summed E-state index contributed by atoms with van der Waals surface area (Å²) in [5, 5.41) is 9.63. The van der Waals surface area contributed by atoms with Gasteiger partial charge in [0.2, 0.25) is 0 Å². The Kier molecular flexibility index (Phi) is 2.65. The van der Waals surface area contributed by atoms with Crippen LogP contribution < -0.4 is 11.5 Å². The summed E-state index contributed by atoms with van der Waals surface area (Å²) < 4.78 is 0. The zero-order valence-electron chi connectivity index (χ0n) is 8.50. The Morgan fingerprint density at radius 2 is 1.73 bits per heavy atom. The third-order valence-electron chi connectivity index (χ3n) is 2.33. The number of aryl methyl sites for hydroxylation is 1. The molecule has 0 unspecified atom stereocenters. The standard InChI is InChI=1S/C10H12N2O3/c1-4-3-6(9(11)14)8(13)7(5(4)2)10(12)15/h3,13H,1-2H3,(H2,11,14)(H2,12,15). The van der Waals surface area contributed by atoms with Gasteiger partial charge in [-0.3, -0.25) is 9.59 Å². The monoisotopic (exact) mass is 208 g/mol. The fourth-order valence-corrected chi connectivity index (χ4v) is 1.39. The Morgan fingerprint density at radius 3 is 2.13 bits per heavy atom. The van der Waals surface area contributed by atoms with Gasteiger partial charge in [-0.25, -0.2) is 0 Å². The van der Waals surface area contributed by atoms with E-state index in [0.717, 1.165) is 0 Å². The van der Waals surface area contributed by atoms with Crippen molar-refractivity contribution in [2.45, 2.75) is 13.8 Å². The Labute approximate surface area is 86.7 Å². The maximum atomic E-state index is 11.1. The van der Waals surface area contributed by atoms with Crippen molar-refractivity contribution in [1.29, 1.82) is 0 Å². The summed E-state index contributed by atoms with van der Waals surface area (Å²) >= 11 is 0. The molecule has 0 heterocycles. The van der Waals surface area contributed by atoms with Crippen LogP contribution in [-0.2, 0) is 0 Å². The first-order chi connectivity index (χ1) is 6.86. The first kappa shape index (κ1) is 11.0. The smallest absolute Gasteiger partial charge is 0.252 e. The molecule has 0 radical (unpaired) electrons. The molecule has 0 aliphatic rings. The summed E-state index contributed by atoms with van der Waals surface area (Å²) in [5.41, 5.74) is 11.2. The Hall–Kier alpha value is -2.04. The van der Waals surface area contributed by atoms with Crippen molar-refractivity contribution in [2.24, 2.45) is 11.5 Å². The highest BCUT2D eigenvalue weighted by atomic mass is 16.3. The van der Waals surface area contributed by atoms with Crippen LogP contribution in [0.3, 0.4) is 0 Å². The molecule has 0 bridgehead atoms. The quantitative estimate of drug-likeness (QED) is 0.646. The van der Waals surface area contributed by atoms with Crippen molar-refractivity contribution in [3.8, 4) is 5.75 Å². The van der Waals surface area contributed by atoms with E-state index >= 15 is 0 Å². The molecule has 1 rings (SSSR count). The van der Waals surface area contributed by atoms with Gasteiger partial charge in [0, 0.05) is 0 Å². The van der Waals surface area contributed by atoms with E-state index < -0.39 is 17.6 Å². The molecular formula is C10H12N2O3. The minimum absolute atomic E-state index is 0.0520. The van der Waals surface area contributed by atoms with Crippen molar-refractivity contribution < 1.29 is 14.7 Å². The van der Waals surface area contributed by atoms with E-state index in [9.17, 15) is 14.7 Å². The Bertz CT molecular complexity index is 452. The van der Waals surface area contributed by atoms with Gasteiger partial charge in [0.05, 0.1) is 11.1 Å². The van der Waals surface area contributed by atoms with Gasteiger partial charge in [-0.2, -0.15) is 0 Å². The molecule has 80 valence electrons. The van der Waals surface area contributed by atoms with E-state index in [0.29, 0.717) is 11.1 Å². The van der Waals surface area contributed by atoms with E-state index in [2.05, 4.69) is 0 Å². The van der Waals surface area contributed by atoms with Crippen LogP contribution in [0.15, 0.2) is 6.07 Å². The van der Waals surface area contributed by atoms with E-state index in [1.54, 1.807) is 13.8 Å². The fraction of sp³-hybridized carbons (Fsp3) is 0.200. The topological polar surface area (TPSA) is 106 Å². The highest BCUT2D eigenvalue weighted by Gasteiger charge is 2.19. The maximum Gasteiger partial charge on any atom is 0.252 e. The van der Waals surface area contributed by atoms with Crippen LogP contribution in [-0.4, -0.2) is 16.9 Å². The molecule has 5 heteroatoms. The number of nitrogens with two attached hydrogens (primary N) is 2. The van der Waals surface area contributed by atoms with Gasteiger partial charge in [0.15, 0.2) is 0 Å². The van der Waals surface area contributed by atoms with E-state index in [1.165, 1.54) is 6.07 Å². The molecular weight excluding hydrogens is 196 g/mol. The first-order valence-electron chi connectivity index (χ1n) is 4.29. The average molecular weight is 208 g/mol. The molecule has 15 heavy (non-hydrogen) atoms. The SMILES string of the molecule is Cc1cc(C(N)=O)c(O)c(C(N)=O)c1C. The highest BCUT2D eigenvalue weighted by Crippen LogP contribution is 2.27. The zero-order valence-corrected chi connectivity index (χ0v) is 8.50. The Balaban J connectivity index is 3.63. The van der Waals surface area contributed by atoms with Crippen LogP contribution in [0.4, 0.5) is 0 Å². The van der Waals surface area contributed by atoms with Crippen LogP contribution in [0.25, 0.3) is 0 Å². The fourth-order valence-electron chi connectivity index (χ4n) is 1.39.